The second-order valence-corrected chi connectivity index (χ2v) is 4.92. The summed E-state index contributed by atoms with van der Waals surface area (Å²) < 4.78 is 0. The number of likely N-dealkylation sites (N-methyl/N-ethyl adjacent to an activating group) is 1. The topological polar surface area (TPSA) is 39.3 Å². The predicted molar refractivity (Wildman–Crippen MR) is 76.1 cm³/mol. The number of unbranched alkanes of at least 4 members (excludes halogenated alkanes) is 1. The monoisotopic (exact) mass is 246 g/mol. The molecule has 0 bridgehead atoms. The molecule has 0 radical (unpaired) electrons. The van der Waals surface area contributed by atoms with E-state index in [1.165, 1.54) is 18.4 Å². The highest BCUT2D eigenvalue weighted by Gasteiger charge is 2.08. The number of hydrogen-bond acceptors (Lipinski definition) is 2. The zero-order chi connectivity index (χ0) is 13.0. The first-order valence-electron chi connectivity index (χ1n) is 6.69. The summed E-state index contributed by atoms with van der Waals surface area (Å²) in [6, 6.07) is 5.62. The third-order valence-electron chi connectivity index (χ3n) is 3.42. The van der Waals surface area contributed by atoms with Crippen molar-refractivity contribution in [3.63, 3.8) is 0 Å². The Kier molecular flexibility index (Phi) is 4.26. The molecule has 2 aromatic rings. The molecule has 0 saturated carbocycles. The molecule has 0 unspecified atom stereocenters. The average molecular weight is 246 g/mol. The van der Waals surface area contributed by atoms with Crippen LogP contribution < -0.4 is 0 Å². The first kappa shape index (κ1) is 13.0. The van der Waals surface area contributed by atoms with Crippen molar-refractivity contribution in [3.8, 4) is 5.75 Å². The minimum absolute atomic E-state index is 0.375. The molecule has 0 saturated heterocycles. The van der Waals surface area contributed by atoms with Gasteiger partial charge in [-0.15, -0.1) is 0 Å². The molecule has 1 aromatic carbocycles. The number of phenols is 1. The van der Waals surface area contributed by atoms with E-state index in [0.717, 1.165) is 30.4 Å². The Balaban J connectivity index is 2.04. The quantitative estimate of drug-likeness (QED) is 0.822. The zero-order valence-electron chi connectivity index (χ0n) is 11.2. The van der Waals surface area contributed by atoms with Crippen LogP contribution in [0.1, 0.15) is 25.3 Å². The molecule has 2 N–H and O–H groups in total. The molecule has 0 aliphatic rings. The molecule has 0 fully saturated rings. The lowest BCUT2D eigenvalue weighted by Gasteiger charge is -2.15. The van der Waals surface area contributed by atoms with Gasteiger partial charge in [-0.1, -0.05) is 19.4 Å². The van der Waals surface area contributed by atoms with Gasteiger partial charge in [0.15, 0.2) is 0 Å². The van der Waals surface area contributed by atoms with Gasteiger partial charge in [0, 0.05) is 23.6 Å². The van der Waals surface area contributed by atoms with Gasteiger partial charge in [-0.05, 0) is 44.1 Å². The number of nitrogens with zero attached hydrogens (tertiary/aromatic N) is 1. The summed E-state index contributed by atoms with van der Waals surface area (Å²) in [6.45, 7) is 4.39. The lowest BCUT2D eigenvalue weighted by Crippen LogP contribution is -2.22. The van der Waals surface area contributed by atoms with Crippen LogP contribution in [-0.2, 0) is 6.42 Å². The molecule has 0 amide bonds. The summed E-state index contributed by atoms with van der Waals surface area (Å²) >= 11 is 0. The van der Waals surface area contributed by atoms with E-state index in [0.29, 0.717) is 5.75 Å². The second-order valence-electron chi connectivity index (χ2n) is 4.92. The van der Waals surface area contributed by atoms with E-state index in [1.807, 2.05) is 18.3 Å². The van der Waals surface area contributed by atoms with Gasteiger partial charge in [0.25, 0.3) is 0 Å². The largest absolute Gasteiger partial charge is 0.507 e. The first-order chi connectivity index (χ1) is 8.72. The Hall–Kier alpha value is -1.48. The van der Waals surface area contributed by atoms with Crippen LogP contribution in [-0.4, -0.2) is 35.1 Å². The number of nitrogens with one attached hydrogen (secondary N) is 1. The number of phenolic OH excluding ortho intramolecular Hbond substituents is 1. The average Bonchev–Trinajstić information content (AvgIpc) is 2.78. The molecule has 0 aliphatic carbocycles. The molecule has 2 rings (SSSR count). The van der Waals surface area contributed by atoms with E-state index in [4.69, 9.17) is 0 Å². The van der Waals surface area contributed by atoms with Gasteiger partial charge < -0.3 is 15.0 Å². The summed E-state index contributed by atoms with van der Waals surface area (Å²) in [5.41, 5.74) is 2.22. The number of fused-ring (bicyclic) bond motifs is 1. The molecule has 0 aliphatic heterocycles. The van der Waals surface area contributed by atoms with Crippen LogP contribution in [0.3, 0.4) is 0 Å². The highest BCUT2D eigenvalue weighted by Crippen LogP contribution is 2.27. The van der Waals surface area contributed by atoms with E-state index >= 15 is 0 Å². The summed E-state index contributed by atoms with van der Waals surface area (Å²) in [4.78, 5) is 5.57. The molecular weight excluding hydrogens is 224 g/mol. The van der Waals surface area contributed by atoms with E-state index in [-0.39, 0.29) is 0 Å². The Labute approximate surface area is 108 Å². The van der Waals surface area contributed by atoms with Crippen molar-refractivity contribution in [1.82, 2.24) is 9.88 Å². The number of aromatic amines is 1. The second kappa shape index (κ2) is 5.91. The van der Waals surface area contributed by atoms with Crippen molar-refractivity contribution in [2.24, 2.45) is 0 Å². The number of hydrogen-bond donors (Lipinski definition) is 2. The highest BCUT2D eigenvalue weighted by molar-refractivity contribution is 5.88. The molecule has 0 atom stereocenters. The molecule has 0 spiro atoms. The third kappa shape index (κ3) is 2.85. The standard InChI is InChI=1S/C15H22N2O/c1-3-4-9-17(2)10-8-12-11-16-13-6-5-7-14(18)15(12)13/h5-7,11,16,18H,3-4,8-10H2,1-2H3. The van der Waals surface area contributed by atoms with Crippen LogP contribution in [0.5, 0.6) is 5.75 Å². The maximum Gasteiger partial charge on any atom is 0.125 e. The molecular formula is C15H22N2O. The van der Waals surface area contributed by atoms with Crippen LogP contribution in [0, 0.1) is 0 Å². The summed E-state index contributed by atoms with van der Waals surface area (Å²) in [5.74, 6) is 0.375. The summed E-state index contributed by atoms with van der Waals surface area (Å²) in [6.07, 6.45) is 5.46. The van der Waals surface area contributed by atoms with Gasteiger partial charge in [-0.2, -0.15) is 0 Å². The zero-order valence-corrected chi connectivity index (χ0v) is 11.2. The van der Waals surface area contributed by atoms with E-state index in [2.05, 4.69) is 23.9 Å². The summed E-state index contributed by atoms with van der Waals surface area (Å²) in [7, 11) is 2.16. The van der Waals surface area contributed by atoms with Gasteiger partial charge in [0.05, 0.1) is 0 Å². The van der Waals surface area contributed by atoms with Crippen LogP contribution in [0.4, 0.5) is 0 Å². The predicted octanol–water partition coefficient (Wildman–Crippen LogP) is 3.15. The van der Waals surface area contributed by atoms with E-state index < -0.39 is 0 Å². The van der Waals surface area contributed by atoms with Crippen molar-refractivity contribution in [2.75, 3.05) is 20.1 Å². The number of benzene rings is 1. The molecule has 1 aromatic heterocycles. The van der Waals surface area contributed by atoms with Crippen molar-refractivity contribution in [2.45, 2.75) is 26.2 Å². The van der Waals surface area contributed by atoms with Crippen LogP contribution in [0.15, 0.2) is 24.4 Å². The van der Waals surface area contributed by atoms with Gasteiger partial charge >= 0.3 is 0 Å². The number of aromatic nitrogens is 1. The van der Waals surface area contributed by atoms with E-state index in [1.54, 1.807) is 6.07 Å². The first-order valence-corrected chi connectivity index (χ1v) is 6.69. The third-order valence-corrected chi connectivity index (χ3v) is 3.42. The Morgan fingerprint density at radius 3 is 2.89 bits per heavy atom. The van der Waals surface area contributed by atoms with Crippen molar-refractivity contribution >= 4 is 10.9 Å². The fraction of sp³-hybridized carbons (Fsp3) is 0.467. The molecule has 3 heteroatoms. The van der Waals surface area contributed by atoms with Gasteiger partial charge in [-0.3, -0.25) is 0 Å². The van der Waals surface area contributed by atoms with Crippen LogP contribution in [0.2, 0.25) is 0 Å². The normalized spacial score (nSPS) is 11.5. The van der Waals surface area contributed by atoms with Gasteiger partial charge in [0.2, 0.25) is 0 Å². The maximum atomic E-state index is 9.91. The Morgan fingerprint density at radius 1 is 1.28 bits per heavy atom. The maximum absolute atomic E-state index is 9.91. The van der Waals surface area contributed by atoms with Gasteiger partial charge in [-0.25, -0.2) is 0 Å². The highest BCUT2D eigenvalue weighted by atomic mass is 16.3. The van der Waals surface area contributed by atoms with Crippen molar-refractivity contribution in [3.05, 3.63) is 30.0 Å². The van der Waals surface area contributed by atoms with Crippen LogP contribution in [0.25, 0.3) is 10.9 Å². The van der Waals surface area contributed by atoms with E-state index in [9.17, 15) is 5.11 Å². The molecule has 18 heavy (non-hydrogen) atoms. The van der Waals surface area contributed by atoms with Crippen LogP contribution >= 0.6 is 0 Å². The number of aromatic hydroxyl groups is 1. The molecule has 1 heterocycles. The molecule has 98 valence electrons. The minimum atomic E-state index is 0.375. The van der Waals surface area contributed by atoms with Crippen molar-refractivity contribution in [1.29, 1.82) is 0 Å². The minimum Gasteiger partial charge on any atom is -0.507 e. The van der Waals surface area contributed by atoms with Gasteiger partial charge in [0.1, 0.15) is 5.75 Å². The number of rotatable bonds is 6. The fourth-order valence-corrected chi connectivity index (χ4v) is 2.28. The smallest absolute Gasteiger partial charge is 0.125 e. The lowest BCUT2D eigenvalue weighted by molar-refractivity contribution is 0.332. The summed E-state index contributed by atoms with van der Waals surface area (Å²) in [5, 5.41) is 10.9. The van der Waals surface area contributed by atoms with Crippen molar-refractivity contribution < 1.29 is 5.11 Å². The number of H-pyrrole nitrogens is 1. The Bertz CT molecular complexity index is 504. The lowest BCUT2D eigenvalue weighted by atomic mass is 10.1. The SMILES string of the molecule is CCCCN(C)CCc1c[nH]c2cccc(O)c12. The Morgan fingerprint density at radius 2 is 2.11 bits per heavy atom. The fourth-order valence-electron chi connectivity index (χ4n) is 2.28. The molecule has 3 nitrogen and oxygen atoms in total.